The molecule has 4 heteroatoms. The van der Waals surface area contributed by atoms with Gasteiger partial charge in [-0.15, -0.1) is 23.1 Å². The third kappa shape index (κ3) is 1.92. The van der Waals surface area contributed by atoms with Gasteiger partial charge >= 0.3 is 0 Å². The van der Waals surface area contributed by atoms with Crippen LogP contribution in [0.25, 0.3) is 10.2 Å². The molecule has 0 amide bonds. The summed E-state index contributed by atoms with van der Waals surface area (Å²) in [6.07, 6.45) is 3.95. The normalized spacial score (nSPS) is 10.8. The van der Waals surface area contributed by atoms with Gasteiger partial charge in [-0.05, 0) is 37.1 Å². The standard InChI is InChI=1S/C14H16N2S2/c1-5-9-8(3)12-10(7-15)14(17-4)18-13(12)16-11(9)6-2/h5-6H2,1-4H3. The highest BCUT2D eigenvalue weighted by Crippen LogP contribution is 2.38. The Morgan fingerprint density at radius 3 is 2.56 bits per heavy atom. The number of nitrogens with zero attached hydrogens (tertiary/aromatic N) is 2. The lowest BCUT2D eigenvalue weighted by Gasteiger charge is -2.10. The molecule has 2 aromatic heterocycles. The molecule has 0 spiro atoms. The summed E-state index contributed by atoms with van der Waals surface area (Å²) in [4.78, 5) is 5.77. The van der Waals surface area contributed by atoms with Gasteiger partial charge in [0, 0.05) is 11.1 Å². The van der Waals surface area contributed by atoms with Crippen molar-refractivity contribution in [1.29, 1.82) is 5.26 Å². The Bertz CT molecular complexity index is 636. The Morgan fingerprint density at radius 2 is 2.06 bits per heavy atom. The summed E-state index contributed by atoms with van der Waals surface area (Å²) in [7, 11) is 0. The number of aryl methyl sites for hydroxylation is 2. The van der Waals surface area contributed by atoms with Crippen LogP contribution < -0.4 is 0 Å². The maximum Gasteiger partial charge on any atom is 0.126 e. The first-order valence-electron chi connectivity index (χ1n) is 6.06. The molecule has 0 unspecified atom stereocenters. The Balaban J connectivity index is 2.90. The molecule has 2 nitrogen and oxygen atoms in total. The molecule has 0 atom stereocenters. The van der Waals surface area contributed by atoms with Gasteiger partial charge in [0.25, 0.3) is 0 Å². The van der Waals surface area contributed by atoms with E-state index in [9.17, 15) is 5.26 Å². The monoisotopic (exact) mass is 276 g/mol. The molecule has 0 radical (unpaired) electrons. The lowest BCUT2D eigenvalue weighted by molar-refractivity contribution is 0.971. The second kappa shape index (κ2) is 5.29. The predicted octanol–water partition coefficient (Wildman–Crippen LogP) is 4.32. The zero-order valence-corrected chi connectivity index (χ0v) is 12.8. The van der Waals surface area contributed by atoms with Crippen LogP contribution in [0.15, 0.2) is 4.21 Å². The summed E-state index contributed by atoms with van der Waals surface area (Å²) in [5.41, 5.74) is 4.55. The first-order valence-corrected chi connectivity index (χ1v) is 8.10. The maximum absolute atomic E-state index is 9.37. The van der Waals surface area contributed by atoms with Crippen molar-refractivity contribution in [3.05, 3.63) is 22.4 Å². The highest BCUT2D eigenvalue weighted by atomic mass is 32.2. The molecule has 18 heavy (non-hydrogen) atoms. The number of hydrogen-bond acceptors (Lipinski definition) is 4. The molecule has 2 aromatic rings. The fraction of sp³-hybridized carbons (Fsp3) is 0.429. The first-order chi connectivity index (χ1) is 8.67. The van der Waals surface area contributed by atoms with Crippen LogP contribution in [0.1, 0.15) is 36.2 Å². The van der Waals surface area contributed by atoms with E-state index in [-0.39, 0.29) is 0 Å². The molecular formula is C14H16N2S2. The van der Waals surface area contributed by atoms with Crippen molar-refractivity contribution < 1.29 is 0 Å². The van der Waals surface area contributed by atoms with E-state index in [0.29, 0.717) is 0 Å². The highest BCUT2D eigenvalue weighted by Gasteiger charge is 2.18. The molecule has 0 aliphatic rings. The van der Waals surface area contributed by atoms with Gasteiger partial charge in [0.05, 0.1) is 9.77 Å². The minimum absolute atomic E-state index is 0.810. The summed E-state index contributed by atoms with van der Waals surface area (Å²) in [5.74, 6) is 0. The zero-order chi connectivity index (χ0) is 13.3. The van der Waals surface area contributed by atoms with Crippen LogP contribution in [0.2, 0.25) is 0 Å². The number of thiophene rings is 1. The highest BCUT2D eigenvalue weighted by molar-refractivity contribution is 8.00. The SMILES string of the molecule is CCc1nc2sc(SC)c(C#N)c2c(C)c1CC. The minimum Gasteiger partial charge on any atom is -0.242 e. The van der Waals surface area contributed by atoms with E-state index in [1.807, 2.05) is 6.26 Å². The van der Waals surface area contributed by atoms with E-state index in [1.54, 1.807) is 23.1 Å². The van der Waals surface area contributed by atoms with Crippen molar-refractivity contribution in [1.82, 2.24) is 4.98 Å². The van der Waals surface area contributed by atoms with Gasteiger partial charge in [0.1, 0.15) is 10.9 Å². The van der Waals surface area contributed by atoms with E-state index >= 15 is 0 Å². The fourth-order valence-corrected chi connectivity index (χ4v) is 4.25. The van der Waals surface area contributed by atoms with Crippen molar-refractivity contribution in [2.75, 3.05) is 6.26 Å². The predicted molar refractivity (Wildman–Crippen MR) is 79.6 cm³/mol. The van der Waals surface area contributed by atoms with Crippen LogP contribution in [0.4, 0.5) is 0 Å². The van der Waals surface area contributed by atoms with E-state index < -0.39 is 0 Å². The third-order valence-electron chi connectivity index (χ3n) is 3.26. The first kappa shape index (κ1) is 13.4. The average molecular weight is 276 g/mol. The number of hydrogen-bond donors (Lipinski definition) is 0. The van der Waals surface area contributed by atoms with Crippen LogP contribution in [0.5, 0.6) is 0 Å². The Labute approximate surface area is 116 Å². The van der Waals surface area contributed by atoms with Crippen LogP contribution in [-0.4, -0.2) is 11.2 Å². The molecule has 94 valence electrons. The second-order valence-electron chi connectivity index (χ2n) is 4.13. The number of rotatable bonds is 3. The second-order valence-corrected chi connectivity index (χ2v) is 6.20. The molecule has 0 N–H and O–H groups in total. The Kier molecular flexibility index (Phi) is 3.94. The minimum atomic E-state index is 0.810. The molecule has 0 fully saturated rings. The van der Waals surface area contributed by atoms with Crippen molar-refractivity contribution in [3.8, 4) is 6.07 Å². The lowest BCUT2D eigenvalue weighted by Crippen LogP contribution is -1.99. The summed E-state index contributed by atoms with van der Waals surface area (Å²) in [6.45, 7) is 6.42. The van der Waals surface area contributed by atoms with E-state index in [0.717, 1.165) is 32.8 Å². The Hall–Kier alpha value is -1.05. The summed E-state index contributed by atoms with van der Waals surface area (Å²) in [6, 6.07) is 2.35. The quantitative estimate of drug-likeness (QED) is 0.783. The van der Waals surface area contributed by atoms with Crippen LogP contribution in [0.3, 0.4) is 0 Å². The molecule has 0 aliphatic heterocycles. The van der Waals surface area contributed by atoms with E-state index in [4.69, 9.17) is 4.98 Å². The fourth-order valence-electron chi connectivity index (χ4n) is 2.39. The van der Waals surface area contributed by atoms with Crippen molar-refractivity contribution in [2.45, 2.75) is 37.8 Å². The summed E-state index contributed by atoms with van der Waals surface area (Å²) >= 11 is 3.28. The van der Waals surface area contributed by atoms with Crippen LogP contribution in [0, 0.1) is 18.3 Å². The Morgan fingerprint density at radius 1 is 1.33 bits per heavy atom. The van der Waals surface area contributed by atoms with Gasteiger partial charge in [-0.2, -0.15) is 5.26 Å². The lowest BCUT2D eigenvalue weighted by atomic mass is 9.99. The topological polar surface area (TPSA) is 36.7 Å². The van der Waals surface area contributed by atoms with Crippen LogP contribution >= 0.6 is 23.1 Å². The number of nitriles is 1. The average Bonchev–Trinajstić information content (AvgIpc) is 2.76. The number of pyridine rings is 1. The maximum atomic E-state index is 9.37. The van der Waals surface area contributed by atoms with Crippen molar-refractivity contribution in [2.24, 2.45) is 0 Å². The van der Waals surface area contributed by atoms with E-state index in [1.165, 1.54) is 16.8 Å². The molecule has 0 aliphatic carbocycles. The molecule has 0 bridgehead atoms. The summed E-state index contributed by atoms with van der Waals surface area (Å²) in [5, 5.41) is 10.4. The smallest absolute Gasteiger partial charge is 0.126 e. The third-order valence-corrected chi connectivity index (χ3v) is 5.46. The van der Waals surface area contributed by atoms with Gasteiger partial charge in [-0.25, -0.2) is 4.98 Å². The van der Waals surface area contributed by atoms with Crippen molar-refractivity contribution >= 4 is 33.3 Å². The van der Waals surface area contributed by atoms with E-state index in [2.05, 4.69) is 26.8 Å². The summed E-state index contributed by atoms with van der Waals surface area (Å²) < 4.78 is 1.08. The van der Waals surface area contributed by atoms with Gasteiger partial charge < -0.3 is 0 Å². The number of fused-ring (bicyclic) bond motifs is 1. The van der Waals surface area contributed by atoms with Gasteiger partial charge in [-0.1, -0.05) is 13.8 Å². The van der Waals surface area contributed by atoms with Gasteiger partial charge in [0.15, 0.2) is 0 Å². The number of thioether (sulfide) groups is 1. The molecule has 0 aromatic carbocycles. The van der Waals surface area contributed by atoms with Crippen LogP contribution in [-0.2, 0) is 12.8 Å². The molecular weight excluding hydrogens is 260 g/mol. The zero-order valence-electron chi connectivity index (χ0n) is 11.1. The van der Waals surface area contributed by atoms with Crippen molar-refractivity contribution in [3.63, 3.8) is 0 Å². The number of aromatic nitrogens is 1. The molecule has 0 saturated heterocycles. The molecule has 2 heterocycles. The molecule has 2 rings (SSSR count). The van der Waals surface area contributed by atoms with Gasteiger partial charge in [-0.3, -0.25) is 0 Å². The van der Waals surface area contributed by atoms with Gasteiger partial charge in [0.2, 0.25) is 0 Å². The molecule has 0 saturated carbocycles. The largest absolute Gasteiger partial charge is 0.242 e.